The average Bonchev–Trinajstić information content (AvgIpc) is 2.75. The molecule has 0 aliphatic rings. The number of amides is 1. The van der Waals surface area contributed by atoms with E-state index < -0.39 is 11.9 Å². The van der Waals surface area contributed by atoms with Crippen LogP contribution in [0.3, 0.4) is 0 Å². The standard InChI is InChI=1S/C22H18N4O3/c1-2-29-22(28)17-8-4-6-10-19(17)25-16-11-12-24-20(13-16)21(27)26-18-9-5-3-7-15(18)14-23/h3-13H,2H2,1H3,(H,24,25)(H,26,27). The maximum Gasteiger partial charge on any atom is 0.340 e. The van der Waals surface area contributed by atoms with Gasteiger partial charge in [0.2, 0.25) is 0 Å². The van der Waals surface area contributed by atoms with Gasteiger partial charge in [-0.15, -0.1) is 0 Å². The van der Waals surface area contributed by atoms with Gasteiger partial charge in [-0.05, 0) is 43.3 Å². The van der Waals surface area contributed by atoms with Gasteiger partial charge in [0.15, 0.2) is 0 Å². The number of hydrogen-bond acceptors (Lipinski definition) is 6. The summed E-state index contributed by atoms with van der Waals surface area (Å²) in [5.74, 6) is -0.884. The quantitative estimate of drug-likeness (QED) is 0.618. The Hall–Kier alpha value is -4.18. The molecule has 0 aliphatic carbocycles. The predicted octanol–water partition coefficient (Wildman–Crippen LogP) is 4.13. The molecule has 0 saturated heterocycles. The van der Waals surface area contributed by atoms with E-state index in [9.17, 15) is 9.59 Å². The molecule has 3 aromatic rings. The third-order valence-electron chi connectivity index (χ3n) is 3.99. The number of para-hydroxylation sites is 2. The highest BCUT2D eigenvalue weighted by molar-refractivity contribution is 6.04. The van der Waals surface area contributed by atoms with Crippen LogP contribution in [0.4, 0.5) is 17.1 Å². The number of hydrogen-bond donors (Lipinski definition) is 2. The van der Waals surface area contributed by atoms with Crippen molar-refractivity contribution >= 4 is 28.9 Å². The van der Waals surface area contributed by atoms with Crippen LogP contribution in [0.25, 0.3) is 0 Å². The fourth-order valence-electron chi connectivity index (χ4n) is 2.64. The number of ether oxygens (including phenoxy) is 1. The van der Waals surface area contributed by atoms with Crippen molar-refractivity contribution < 1.29 is 14.3 Å². The Kier molecular flexibility index (Phi) is 6.18. The van der Waals surface area contributed by atoms with Crippen molar-refractivity contribution in [2.24, 2.45) is 0 Å². The molecule has 3 rings (SSSR count). The van der Waals surface area contributed by atoms with E-state index in [0.717, 1.165) is 0 Å². The van der Waals surface area contributed by atoms with E-state index in [1.807, 2.05) is 6.07 Å². The van der Waals surface area contributed by atoms with Gasteiger partial charge >= 0.3 is 5.97 Å². The highest BCUT2D eigenvalue weighted by Crippen LogP contribution is 2.22. The molecule has 0 aliphatic heterocycles. The van der Waals surface area contributed by atoms with Crippen molar-refractivity contribution in [3.63, 3.8) is 0 Å². The first-order valence-corrected chi connectivity index (χ1v) is 8.92. The summed E-state index contributed by atoms with van der Waals surface area (Å²) in [4.78, 5) is 28.8. The molecule has 0 unspecified atom stereocenters. The van der Waals surface area contributed by atoms with Gasteiger partial charge in [0.1, 0.15) is 11.8 Å². The molecule has 0 bridgehead atoms. The summed E-state index contributed by atoms with van der Waals surface area (Å²) in [6.45, 7) is 2.02. The molecule has 2 N–H and O–H groups in total. The summed E-state index contributed by atoms with van der Waals surface area (Å²) in [7, 11) is 0. The lowest BCUT2D eigenvalue weighted by molar-refractivity contribution is 0.0527. The first-order chi connectivity index (χ1) is 14.1. The lowest BCUT2D eigenvalue weighted by Gasteiger charge is -2.12. The van der Waals surface area contributed by atoms with E-state index in [0.29, 0.717) is 28.2 Å². The molecule has 0 atom stereocenters. The van der Waals surface area contributed by atoms with Crippen molar-refractivity contribution in [1.82, 2.24) is 4.98 Å². The fraction of sp³-hybridized carbons (Fsp3) is 0.0909. The zero-order valence-corrected chi connectivity index (χ0v) is 15.7. The van der Waals surface area contributed by atoms with Gasteiger partial charge < -0.3 is 15.4 Å². The summed E-state index contributed by atoms with van der Waals surface area (Å²) in [6.07, 6.45) is 1.49. The number of esters is 1. The molecule has 1 heterocycles. The highest BCUT2D eigenvalue weighted by atomic mass is 16.5. The normalized spacial score (nSPS) is 9.93. The Morgan fingerprint density at radius 3 is 2.55 bits per heavy atom. The van der Waals surface area contributed by atoms with Crippen molar-refractivity contribution in [2.75, 3.05) is 17.2 Å². The van der Waals surface area contributed by atoms with Gasteiger partial charge in [0, 0.05) is 11.9 Å². The molecule has 0 spiro atoms. The topological polar surface area (TPSA) is 104 Å². The number of aromatic nitrogens is 1. The Labute approximate surface area is 168 Å². The van der Waals surface area contributed by atoms with E-state index in [1.54, 1.807) is 67.6 Å². The molecule has 29 heavy (non-hydrogen) atoms. The Morgan fingerprint density at radius 1 is 1.07 bits per heavy atom. The van der Waals surface area contributed by atoms with Gasteiger partial charge in [-0.3, -0.25) is 9.78 Å². The van der Waals surface area contributed by atoms with Crippen LogP contribution in [0.5, 0.6) is 0 Å². The number of pyridine rings is 1. The second-order valence-corrected chi connectivity index (χ2v) is 5.93. The van der Waals surface area contributed by atoms with E-state index in [4.69, 9.17) is 10.00 Å². The summed E-state index contributed by atoms with van der Waals surface area (Å²) >= 11 is 0. The second-order valence-electron chi connectivity index (χ2n) is 5.93. The smallest absolute Gasteiger partial charge is 0.340 e. The molecule has 0 saturated carbocycles. The van der Waals surface area contributed by atoms with E-state index in [2.05, 4.69) is 15.6 Å². The van der Waals surface area contributed by atoms with Gasteiger partial charge in [-0.2, -0.15) is 5.26 Å². The molecule has 1 amide bonds. The maximum atomic E-state index is 12.6. The summed E-state index contributed by atoms with van der Waals surface area (Å²) < 4.78 is 5.07. The molecule has 7 nitrogen and oxygen atoms in total. The van der Waals surface area contributed by atoms with Crippen LogP contribution in [0.1, 0.15) is 33.3 Å². The first kappa shape index (κ1) is 19.6. The number of benzene rings is 2. The lowest BCUT2D eigenvalue weighted by Crippen LogP contribution is -2.14. The zero-order valence-electron chi connectivity index (χ0n) is 15.7. The third-order valence-corrected chi connectivity index (χ3v) is 3.99. The highest BCUT2D eigenvalue weighted by Gasteiger charge is 2.14. The first-order valence-electron chi connectivity index (χ1n) is 8.92. The molecular formula is C22H18N4O3. The number of rotatable bonds is 6. The molecular weight excluding hydrogens is 368 g/mol. The minimum atomic E-state index is -0.449. The monoisotopic (exact) mass is 386 g/mol. The average molecular weight is 386 g/mol. The summed E-state index contributed by atoms with van der Waals surface area (Å²) in [5, 5.41) is 15.0. The molecule has 2 aromatic carbocycles. The number of anilines is 3. The number of carbonyl (C=O) groups is 2. The van der Waals surface area contributed by atoms with Gasteiger partial charge in [-0.1, -0.05) is 24.3 Å². The van der Waals surface area contributed by atoms with E-state index in [-0.39, 0.29) is 12.3 Å². The number of carbonyl (C=O) groups excluding carboxylic acids is 2. The lowest BCUT2D eigenvalue weighted by atomic mass is 10.1. The molecule has 7 heteroatoms. The molecule has 0 fully saturated rings. The van der Waals surface area contributed by atoms with Crippen LogP contribution in [0.2, 0.25) is 0 Å². The van der Waals surface area contributed by atoms with Gasteiger partial charge in [-0.25, -0.2) is 4.79 Å². The second kappa shape index (κ2) is 9.15. The van der Waals surface area contributed by atoms with Crippen molar-refractivity contribution in [1.29, 1.82) is 5.26 Å². The predicted molar refractivity (Wildman–Crippen MR) is 109 cm³/mol. The van der Waals surface area contributed by atoms with Crippen molar-refractivity contribution in [3.8, 4) is 6.07 Å². The van der Waals surface area contributed by atoms with Crippen LogP contribution in [0, 0.1) is 11.3 Å². The Morgan fingerprint density at radius 2 is 1.79 bits per heavy atom. The zero-order chi connectivity index (χ0) is 20.6. The van der Waals surface area contributed by atoms with Crippen molar-refractivity contribution in [3.05, 3.63) is 83.7 Å². The number of nitrogens with one attached hydrogen (secondary N) is 2. The minimum Gasteiger partial charge on any atom is -0.462 e. The largest absolute Gasteiger partial charge is 0.462 e. The Balaban J connectivity index is 1.81. The fourth-order valence-corrected chi connectivity index (χ4v) is 2.64. The van der Waals surface area contributed by atoms with Crippen LogP contribution >= 0.6 is 0 Å². The van der Waals surface area contributed by atoms with Crippen LogP contribution in [-0.4, -0.2) is 23.5 Å². The number of nitrogens with zero attached hydrogens (tertiary/aromatic N) is 2. The van der Waals surface area contributed by atoms with E-state index in [1.165, 1.54) is 6.20 Å². The van der Waals surface area contributed by atoms with Crippen LogP contribution in [-0.2, 0) is 4.74 Å². The SMILES string of the molecule is CCOC(=O)c1ccccc1Nc1ccnc(C(=O)Nc2ccccc2C#N)c1. The van der Waals surface area contributed by atoms with Crippen LogP contribution in [0.15, 0.2) is 66.9 Å². The van der Waals surface area contributed by atoms with Gasteiger partial charge in [0.05, 0.1) is 29.1 Å². The minimum absolute atomic E-state index is 0.163. The third kappa shape index (κ3) is 4.76. The van der Waals surface area contributed by atoms with Crippen LogP contribution < -0.4 is 10.6 Å². The molecule has 0 radical (unpaired) electrons. The maximum absolute atomic E-state index is 12.6. The van der Waals surface area contributed by atoms with E-state index >= 15 is 0 Å². The summed E-state index contributed by atoms with van der Waals surface area (Å²) in [6, 6.07) is 18.9. The molecule has 1 aromatic heterocycles. The molecule has 144 valence electrons. The van der Waals surface area contributed by atoms with Gasteiger partial charge in [0.25, 0.3) is 5.91 Å². The van der Waals surface area contributed by atoms with Crippen molar-refractivity contribution in [2.45, 2.75) is 6.92 Å². The number of nitriles is 1. The summed E-state index contributed by atoms with van der Waals surface area (Å²) in [5.41, 5.74) is 2.46. The Bertz CT molecular complexity index is 1090.